The highest BCUT2D eigenvalue weighted by atomic mass is 32.1. The molecule has 0 radical (unpaired) electrons. The molecule has 0 aliphatic carbocycles. The number of aliphatic hydroxyl groups is 1. The zero-order chi connectivity index (χ0) is 26.1. The Morgan fingerprint density at radius 1 is 1.22 bits per heavy atom. The zero-order valence-corrected chi connectivity index (χ0v) is 20.2. The smallest absolute Gasteiger partial charge is 0.389 e. The summed E-state index contributed by atoms with van der Waals surface area (Å²) in [6.07, 6.45) is -5.69. The van der Waals surface area contributed by atoms with Gasteiger partial charge in [-0.25, -0.2) is 9.89 Å². The summed E-state index contributed by atoms with van der Waals surface area (Å²) in [5.74, 6) is -0.119. The van der Waals surface area contributed by atoms with E-state index in [4.69, 9.17) is 4.74 Å². The fourth-order valence-corrected chi connectivity index (χ4v) is 4.98. The predicted molar refractivity (Wildman–Crippen MR) is 126 cm³/mol. The molecule has 3 N–H and O–H groups in total. The Labute approximate surface area is 207 Å². The highest BCUT2D eigenvalue weighted by Crippen LogP contribution is 2.42. The van der Waals surface area contributed by atoms with Crippen LogP contribution in [0.4, 0.5) is 13.2 Å². The number of amides is 1. The number of hydrogen-bond acceptors (Lipinski definition) is 7. The summed E-state index contributed by atoms with van der Waals surface area (Å²) in [6.45, 7) is 3.40. The van der Waals surface area contributed by atoms with Crippen LogP contribution in [0, 0.1) is 0 Å². The van der Waals surface area contributed by atoms with E-state index >= 15 is 0 Å². The van der Waals surface area contributed by atoms with E-state index in [0.717, 1.165) is 10.2 Å². The van der Waals surface area contributed by atoms with Crippen LogP contribution in [0.15, 0.2) is 41.2 Å². The molecule has 192 valence electrons. The van der Waals surface area contributed by atoms with Crippen molar-refractivity contribution in [2.75, 3.05) is 6.61 Å². The Morgan fingerprint density at radius 2 is 1.94 bits per heavy atom. The molecule has 1 aliphatic rings. The van der Waals surface area contributed by atoms with Crippen LogP contribution in [-0.2, 0) is 10.3 Å². The summed E-state index contributed by atoms with van der Waals surface area (Å²) >= 11 is 1.31. The summed E-state index contributed by atoms with van der Waals surface area (Å²) in [5.41, 5.74) is -0.223. The van der Waals surface area contributed by atoms with E-state index in [1.807, 2.05) is 6.92 Å². The first-order valence-corrected chi connectivity index (χ1v) is 11.9. The molecule has 13 heteroatoms. The van der Waals surface area contributed by atoms with Gasteiger partial charge in [0.15, 0.2) is 0 Å². The van der Waals surface area contributed by atoms with Crippen molar-refractivity contribution in [1.82, 2.24) is 25.5 Å². The Bertz CT molecular complexity index is 1330. The van der Waals surface area contributed by atoms with Crippen LogP contribution >= 0.6 is 11.3 Å². The first-order chi connectivity index (χ1) is 17.0. The number of hydrogen-bond donors (Lipinski definition) is 3. The number of nitrogens with zero attached hydrogens (tertiary/aromatic N) is 3. The molecule has 0 bridgehead atoms. The van der Waals surface area contributed by atoms with Gasteiger partial charge in [-0.2, -0.15) is 17.9 Å². The Balaban J connectivity index is 1.63. The van der Waals surface area contributed by atoms with Crippen molar-refractivity contribution in [1.29, 1.82) is 0 Å². The maximum atomic E-state index is 13.3. The largest absolute Gasteiger partial charge is 0.494 e. The van der Waals surface area contributed by atoms with Gasteiger partial charge in [-0.05, 0) is 60.5 Å². The molecule has 1 unspecified atom stereocenters. The molecular formula is C23H24F3N5O4S. The number of halogens is 3. The van der Waals surface area contributed by atoms with E-state index in [2.05, 4.69) is 20.8 Å². The molecule has 3 heterocycles. The van der Waals surface area contributed by atoms with Crippen molar-refractivity contribution >= 4 is 28.5 Å². The minimum atomic E-state index is -4.22. The van der Waals surface area contributed by atoms with Crippen LogP contribution in [0.5, 0.6) is 5.75 Å². The molecule has 1 amide bonds. The van der Waals surface area contributed by atoms with Gasteiger partial charge in [0.05, 0.1) is 18.2 Å². The lowest BCUT2D eigenvalue weighted by atomic mass is 9.81. The lowest BCUT2D eigenvalue weighted by Crippen LogP contribution is -2.49. The molecule has 3 aromatic rings. The standard InChI is InChI=1S/C23H24F3N5O4S/c1-13(32)17-8-9-18(36-17)16-12-22(2,27-20(33)19(16)31-21(34)28-29-30-31)14-4-6-15(7-5-14)35-11-3-10-23(24,25)26/h4-9,13,32H,3,10-12H2,1-2H3,(H,27,33)(H,28,30,34)/t13?,22-/m0/s1. The highest BCUT2D eigenvalue weighted by Gasteiger charge is 2.39. The monoisotopic (exact) mass is 523 g/mol. The molecular weight excluding hydrogens is 499 g/mol. The van der Waals surface area contributed by atoms with E-state index in [1.54, 1.807) is 43.3 Å². The van der Waals surface area contributed by atoms with Crippen molar-refractivity contribution in [2.45, 2.75) is 50.9 Å². The minimum Gasteiger partial charge on any atom is -0.494 e. The van der Waals surface area contributed by atoms with Gasteiger partial charge >= 0.3 is 11.9 Å². The fraction of sp³-hybridized carbons (Fsp3) is 0.391. The third-order valence-electron chi connectivity index (χ3n) is 5.81. The number of carbonyl (C=O) groups is 1. The molecule has 2 aromatic heterocycles. The number of alkyl halides is 3. The van der Waals surface area contributed by atoms with Gasteiger partial charge in [-0.3, -0.25) is 4.79 Å². The quantitative estimate of drug-likeness (QED) is 0.388. The first-order valence-electron chi connectivity index (χ1n) is 11.1. The van der Waals surface area contributed by atoms with Gasteiger partial charge < -0.3 is 15.2 Å². The number of tetrazole rings is 1. The van der Waals surface area contributed by atoms with Gasteiger partial charge in [-0.1, -0.05) is 12.1 Å². The number of aromatic nitrogens is 4. The summed E-state index contributed by atoms with van der Waals surface area (Å²) in [6, 6.07) is 10.3. The van der Waals surface area contributed by atoms with E-state index in [1.165, 1.54) is 11.3 Å². The molecule has 4 rings (SSSR count). The number of H-pyrrole nitrogens is 1. The van der Waals surface area contributed by atoms with Crippen molar-refractivity contribution in [2.24, 2.45) is 0 Å². The van der Waals surface area contributed by atoms with Crippen LogP contribution in [-0.4, -0.2) is 44.0 Å². The first kappa shape index (κ1) is 25.6. The number of aliphatic hydroxyl groups excluding tert-OH is 1. The Hall–Kier alpha value is -3.45. The summed E-state index contributed by atoms with van der Waals surface area (Å²) < 4.78 is 43.3. The van der Waals surface area contributed by atoms with Crippen molar-refractivity contribution in [3.63, 3.8) is 0 Å². The zero-order valence-electron chi connectivity index (χ0n) is 19.4. The van der Waals surface area contributed by atoms with Crippen LogP contribution in [0.1, 0.15) is 54.5 Å². The SMILES string of the molecule is CC(O)c1ccc(C2=C(n3nn[nH]c3=O)C(=O)N[C@](C)(c3ccc(OCCCC(F)(F)F)cc3)C2)s1. The van der Waals surface area contributed by atoms with E-state index in [9.17, 15) is 27.9 Å². The third kappa shape index (κ3) is 5.51. The number of ether oxygens (including phenoxy) is 1. The molecule has 9 nitrogen and oxygen atoms in total. The van der Waals surface area contributed by atoms with Crippen molar-refractivity contribution in [3.8, 4) is 5.75 Å². The van der Waals surface area contributed by atoms with Crippen LogP contribution in [0.2, 0.25) is 0 Å². The Morgan fingerprint density at radius 3 is 2.53 bits per heavy atom. The summed E-state index contributed by atoms with van der Waals surface area (Å²) in [7, 11) is 0. The summed E-state index contributed by atoms with van der Waals surface area (Å²) in [5, 5.41) is 22.3. The lowest BCUT2D eigenvalue weighted by molar-refractivity contribution is -0.136. The Kier molecular flexibility index (Phi) is 7.05. The van der Waals surface area contributed by atoms with Crippen LogP contribution in [0.25, 0.3) is 11.3 Å². The van der Waals surface area contributed by atoms with Crippen molar-refractivity contribution < 1.29 is 27.8 Å². The topological polar surface area (TPSA) is 122 Å². The van der Waals surface area contributed by atoms with E-state index in [0.29, 0.717) is 27.5 Å². The number of benzene rings is 1. The highest BCUT2D eigenvalue weighted by molar-refractivity contribution is 7.13. The third-order valence-corrected chi connectivity index (χ3v) is 7.12. The molecule has 2 atom stereocenters. The van der Waals surface area contributed by atoms with Gasteiger partial charge in [-0.15, -0.1) is 11.3 Å². The summed E-state index contributed by atoms with van der Waals surface area (Å²) in [4.78, 5) is 26.9. The van der Waals surface area contributed by atoms with Gasteiger partial charge in [0.25, 0.3) is 5.91 Å². The van der Waals surface area contributed by atoms with Crippen molar-refractivity contribution in [3.05, 3.63) is 62.2 Å². The number of thiophene rings is 1. The van der Waals surface area contributed by atoms with Gasteiger partial charge in [0.1, 0.15) is 11.4 Å². The molecule has 1 aromatic carbocycles. The molecule has 0 spiro atoms. The molecule has 0 fully saturated rings. The van der Waals surface area contributed by atoms with E-state index in [-0.39, 0.29) is 18.7 Å². The average Bonchev–Trinajstić information content (AvgIpc) is 3.46. The molecule has 1 aliphatic heterocycles. The maximum Gasteiger partial charge on any atom is 0.389 e. The average molecular weight is 524 g/mol. The maximum absolute atomic E-state index is 13.3. The number of carbonyl (C=O) groups excluding carboxylic acids is 1. The molecule has 36 heavy (non-hydrogen) atoms. The van der Waals surface area contributed by atoms with Gasteiger partial charge in [0.2, 0.25) is 0 Å². The predicted octanol–water partition coefficient (Wildman–Crippen LogP) is 3.61. The normalized spacial score (nSPS) is 19.3. The second kappa shape index (κ2) is 9.90. The number of nitrogens with one attached hydrogen (secondary N) is 2. The molecule has 0 saturated heterocycles. The van der Waals surface area contributed by atoms with Gasteiger partial charge in [0, 0.05) is 28.2 Å². The molecule has 0 saturated carbocycles. The van der Waals surface area contributed by atoms with E-state index < -0.39 is 35.8 Å². The fourth-order valence-electron chi connectivity index (χ4n) is 4.00. The van der Waals surface area contributed by atoms with Crippen LogP contribution < -0.4 is 15.7 Å². The second-order valence-electron chi connectivity index (χ2n) is 8.68. The lowest BCUT2D eigenvalue weighted by Gasteiger charge is -2.37. The number of rotatable bonds is 8. The number of aromatic amines is 1. The second-order valence-corrected chi connectivity index (χ2v) is 9.79. The minimum absolute atomic E-state index is 0.0369. The van der Waals surface area contributed by atoms with Crippen LogP contribution in [0.3, 0.4) is 0 Å².